The number of alkyl halides is 1. The van der Waals surface area contributed by atoms with Crippen LogP contribution >= 0.6 is 11.6 Å². The van der Waals surface area contributed by atoms with Crippen LogP contribution in [0.25, 0.3) is 0 Å². The van der Waals surface area contributed by atoms with E-state index in [2.05, 4.69) is 5.32 Å². The van der Waals surface area contributed by atoms with E-state index in [-0.39, 0.29) is 6.04 Å². The summed E-state index contributed by atoms with van der Waals surface area (Å²) in [5, 5.41) is 3.29. The topological polar surface area (TPSA) is 30.5 Å². The Morgan fingerprint density at radius 1 is 1.46 bits per heavy atom. The van der Waals surface area contributed by atoms with Crippen molar-refractivity contribution >= 4 is 11.6 Å². The molecule has 1 atom stereocenters. The lowest BCUT2D eigenvalue weighted by Crippen LogP contribution is -2.35. The van der Waals surface area contributed by atoms with Gasteiger partial charge in [-0.05, 0) is 19.9 Å². The number of rotatable bonds is 9. The van der Waals surface area contributed by atoms with Gasteiger partial charge in [0.15, 0.2) is 0 Å². The minimum Gasteiger partial charge on any atom is -0.383 e. The zero-order valence-electron chi connectivity index (χ0n) is 8.51. The molecule has 0 aromatic heterocycles. The van der Waals surface area contributed by atoms with Crippen molar-refractivity contribution in [2.45, 2.75) is 19.4 Å². The number of hydrogen-bond donors (Lipinski definition) is 1. The van der Waals surface area contributed by atoms with Crippen LogP contribution in [0.15, 0.2) is 0 Å². The Bertz CT molecular complexity index is 104. The maximum Gasteiger partial charge on any atom is 0.0627 e. The van der Waals surface area contributed by atoms with Gasteiger partial charge in [0, 0.05) is 32.2 Å². The van der Waals surface area contributed by atoms with Crippen LogP contribution < -0.4 is 5.32 Å². The van der Waals surface area contributed by atoms with Gasteiger partial charge in [0.2, 0.25) is 0 Å². The minimum atomic E-state index is 0.258. The molecular formula is C9H20ClNO2. The van der Waals surface area contributed by atoms with Gasteiger partial charge in [-0.1, -0.05) is 0 Å². The minimum absolute atomic E-state index is 0.258. The van der Waals surface area contributed by atoms with Gasteiger partial charge < -0.3 is 14.8 Å². The van der Waals surface area contributed by atoms with Gasteiger partial charge in [0.1, 0.15) is 0 Å². The van der Waals surface area contributed by atoms with Crippen molar-refractivity contribution in [3.05, 3.63) is 0 Å². The van der Waals surface area contributed by atoms with Gasteiger partial charge >= 0.3 is 0 Å². The van der Waals surface area contributed by atoms with Crippen LogP contribution in [0.2, 0.25) is 0 Å². The lowest BCUT2D eigenvalue weighted by molar-refractivity contribution is 0.140. The number of hydrogen-bond acceptors (Lipinski definition) is 3. The van der Waals surface area contributed by atoms with Crippen molar-refractivity contribution in [1.29, 1.82) is 0 Å². The van der Waals surface area contributed by atoms with Gasteiger partial charge in [-0.15, -0.1) is 11.6 Å². The monoisotopic (exact) mass is 209 g/mol. The highest BCUT2D eigenvalue weighted by Crippen LogP contribution is 1.90. The van der Waals surface area contributed by atoms with Gasteiger partial charge in [-0.3, -0.25) is 0 Å². The van der Waals surface area contributed by atoms with Gasteiger partial charge in [-0.25, -0.2) is 0 Å². The van der Waals surface area contributed by atoms with Gasteiger partial charge in [0.05, 0.1) is 6.61 Å². The Morgan fingerprint density at radius 3 is 2.77 bits per heavy atom. The zero-order chi connectivity index (χ0) is 9.94. The van der Waals surface area contributed by atoms with E-state index in [1.807, 2.05) is 6.92 Å². The van der Waals surface area contributed by atoms with E-state index >= 15 is 0 Å². The fourth-order valence-electron chi connectivity index (χ4n) is 0.984. The molecule has 0 heterocycles. The van der Waals surface area contributed by atoms with Crippen molar-refractivity contribution < 1.29 is 9.47 Å². The predicted molar refractivity (Wildman–Crippen MR) is 55.5 cm³/mol. The molecule has 0 rings (SSSR count). The third-order valence-corrected chi connectivity index (χ3v) is 2.03. The Hall–Kier alpha value is 0.170. The molecule has 1 N–H and O–H groups in total. The Balaban J connectivity index is 3.17. The molecule has 80 valence electrons. The third-order valence-electron chi connectivity index (χ3n) is 1.66. The van der Waals surface area contributed by atoms with Crippen molar-refractivity contribution in [3.8, 4) is 0 Å². The SMILES string of the molecule is CCOCCCNC(CCl)COC. The number of ether oxygens (including phenoxy) is 2. The molecule has 0 aliphatic rings. The largest absolute Gasteiger partial charge is 0.383 e. The van der Waals surface area contributed by atoms with E-state index in [1.54, 1.807) is 7.11 Å². The summed E-state index contributed by atoms with van der Waals surface area (Å²) in [6, 6.07) is 0.258. The molecule has 0 fully saturated rings. The maximum atomic E-state index is 5.71. The van der Waals surface area contributed by atoms with Gasteiger partial charge in [0.25, 0.3) is 0 Å². The van der Waals surface area contributed by atoms with E-state index < -0.39 is 0 Å². The van der Waals surface area contributed by atoms with E-state index in [0.29, 0.717) is 12.5 Å². The summed E-state index contributed by atoms with van der Waals surface area (Å²) in [4.78, 5) is 0. The summed E-state index contributed by atoms with van der Waals surface area (Å²) in [6.45, 7) is 5.20. The molecule has 0 amide bonds. The second kappa shape index (κ2) is 10.3. The zero-order valence-corrected chi connectivity index (χ0v) is 9.27. The second-order valence-electron chi connectivity index (χ2n) is 2.81. The molecule has 13 heavy (non-hydrogen) atoms. The van der Waals surface area contributed by atoms with Crippen molar-refractivity contribution in [2.24, 2.45) is 0 Å². The first-order chi connectivity index (χ1) is 6.35. The smallest absolute Gasteiger partial charge is 0.0627 e. The average Bonchev–Trinajstić information content (AvgIpc) is 2.16. The fraction of sp³-hybridized carbons (Fsp3) is 1.00. The molecule has 3 nitrogen and oxygen atoms in total. The van der Waals surface area contributed by atoms with Crippen LogP contribution in [0, 0.1) is 0 Å². The Labute approximate surface area is 85.7 Å². The van der Waals surface area contributed by atoms with E-state index in [0.717, 1.165) is 26.2 Å². The first-order valence-corrected chi connectivity index (χ1v) is 5.24. The van der Waals surface area contributed by atoms with Crippen LogP contribution in [0.1, 0.15) is 13.3 Å². The van der Waals surface area contributed by atoms with Crippen molar-refractivity contribution in [1.82, 2.24) is 5.32 Å². The molecule has 0 aliphatic carbocycles. The lowest BCUT2D eigenvalue weighted by Gasteiger charge is -2.14. The second-order valence-corrected chi connectivity index (χ2v) is 3.12. The van der Waals surface area contributed by atoms with Crippen molar-refractivity contribution in [2.75, 3.05) is 39.4 Å². The molecule has 0 spiro atoms. The van der Waals surface area contributed by atoms with Crippen LogP contribution in [-0.2, 0) is 9.47 Å². The first kappa shape index (κ1) is 13.2. The molecule has 0 aromatic rings. The molecular weight excluding hydrogens is 190 g/mol. The highest BCUT2D eigenvalue weighted by atomic mass is 35.5. The number of halogens is 1. The molecule has 1 unspecified atom stereocenters. The highest BCUT2D eigenvalue weighted by molar-refractivity contribution is 6.18. The first-order valence-electron chi connectivity index (χ1n) is 4.71. The quantitative estimate of drug-likeness (QED) is 0.458. The normalized spacial score (nSPS) is 13.2. The van der Waals surface area contributed by atoms with Crippen LogP contribution in [0.3, 0.4) is 0 Å². The molecule has 0 bridgehead atoms. The summed E-state index contributed by atoms with van der Waals surface area (Å²) in [6.07, 6.45) is 1.02. The molecule has 0 aromatic carbocycles. The third kappa shape index (κ3) is 8.50. The standard InChI is InChI=1S/C9H20ClNO2/c1-3-13-6-4-5-11-9(7-10)8-12-2/h9,11H,3-8H2,1-2H3. The fourth-order valence-corrected chi connectivity index (χ4v) is 1.18. The van der Waals surface area contributed by atoms with Gasteiger partial charge in [-0.2, -0.15) is 0 Å². The highest BCUT2D eigenvalue weighted by Gasteiger charge is 2.04. The lowest BCUT2D eigenvalue weighted by atomic mass is 10.3. The summed E-state index contributed by atoms with van der Waals surface area (Å²) >= 11 is 5.71. The van der Waals surface area contributed by atoms with E-state index in [1.165, 1.54) is 0 Å². The van der Waals surface area contributed by atoms with Crippen LogP contribution in [0.5, 0.6) is 0 Å². The summed E-state index contributed by atoms with van der Waals surface area (Å²) < 4.78 is 10.2. The van der Waals surface area contributed by atoms with E-state index in [9.17, 15) is 0 Å². The predicted octanol–water partition coefficient (Wildman–Crippen LogP) is 1.26. The molecule has 0 saturated carbocycles. The summed E-state index contributed by atoms with van der Waals surface area (Å²) in [5.74, 6) is 0.586. The summed E-state index contributed by atoms with van der Waals surface area (Å²) in [7, 11) is 1.68. The number of methoxy groups -OCH3 is 1. The molecule has 0 radical (unpaired) electrons. The number of nitrogens with one attached hydrogen (secondary N) is 1. The molecule has 0 aliphatic heterocycles. The Kier molecular flexibility index (Phi) is 10.4. The molecule has 4 heteroatoms. The maximum absolute atomic E-state index is 5.71. The average molecular weight is 210 g/mol. The molecule has 0 saturated heterocycles. The summed E-state index contributed by atoms with van der Waals surface area (Å²) in [5.41, 5.74) is 0. The van der Waals surface area contributed by atoms with Crippen molar-refractivity contribution in [3.63, 3.8) is 0 Å². The van der Waals surface area contributed by atoms with Crippen LogP contribution in [-0.4, -0.2) is 45.4 Å². The Morgan fingerprint density at radius 2 is 2.23 bits per heavy atom. The van der Waals surface area contributed by atoms with E-state index in [4.69, 9.17) is 21.1 Å². The van der Waals surface area contributed by atoms with Crippen LogP contribution in [0.4, 0.5) is 0 Å².